The minimum absolute atomic E-state index is 0.577. The molecule has 0 amide bonds. The first kappa shape index (κ1) is 12.4. The Morgan fingerprint density at radius 2 is 2.22 bits per heavy atom. The summed E-state index contributed by atoms with van der Waals surface area (Å²) in [5.41, 5.74) is 1.95. The largest absolute Gasteiger partial charge is 0.311 e. The predicted molar refractivity (Wildman–Crippen MR) is 81.3 cm³/mol. The Hall–Kier alpha value is -0.640. The van der Waals surface area contributed by atoms with E-state index in [1.54, 1.807) is 0 Å². The van der Waals surface area contributed by atoms with Gasteiger partial charge in [-0.25, -0.2) is 0 Å². The maximum Gasteiger partial charge on any atom is 0.0351 e. The lowest BCUT2D eigenvalue weighted by molar-refractivity contribution is 0.156. The standard InChI is InChI=1S/C15H19NS2/c1-15(5-3-6-15)11-16-9-13-8-12(10-18-13)14-4-2-7-17-14/h2,4,7-8,10,16H,3,5-6,9,11H2,1H3. The molecule has 2 heterocycles. The van der Waals surface area contributed by atoms with E-state index in [1.807, 2.05) is 22.7 Å². The molecule has 1 aliphatic rings. The van der Waals surface area contributed by atoms with Gasteiger partial charge in [0.05, 0.1) is 0 Å². The van der Waals surface area contributed by atoms with Crippen LogP contribution in [-0.2, 0) is 6.54 Å². The van der Waals surface area contributed by atoms with Crippen LogP contribution in [0.4, 0.5) is 0 Å². The van der Waals surface area contributed by atoms with Crippen LogP contribution in [-0.4, -0.2) is 6.54 Å². The van der Waals surface area contributed by atoms with Gasteiger partial charge in [-0.15, -0.1) is 22.7 Å². The molecule has 1 N–H and O–H groups in total. The van der Waals surface area contributed by atoms with Gasteiger partial charge in [0.1, 0.15) is 0 Å². The average Bonchev–Trinajstić information content (AvgIpc) is 2.96. The van der Waals surface area contributed by atoms with Crippen molar-refractivity contribution in [1.82, 2.24) is 5.32 Å². The number of thiophene rings is 2. The van der Waals surface area contributed by atoms with Crippen LogP contribution in [0.25, 0.3) is 10.4 Å². The van der Waals surface area contributed by atoms with E-state index in [1.165, 1.54) is 41.1 Å². The molecular formula is C15H19NS2. The summed E-state index contributed by atoms with van der Waals surface area (Å²) < 4.78 is 0. The third kappa shape index (κ3) is 2.68. The highest BCUT2D eigenvalue weighted by atomic mass is 32.1. The first-order chi connectivity index (χ1) is 8.75. The number of hydrogen-bond donors (Lipinski definition) is 1. The molecule has 0 saturated heterocycles. The Morgan fingerprint density at radius 1 is 1.33 bits per heavy atom. The van der Waals surface area contributed by atoms with Crippen LogP contribution in [0.3, 0.4) is 0 Å². The Morgan fingerprint density at radius 3 is 2.89 bits per heavy atom. The van der Waals surface area contributed by atoms with E-state index in [9.17, 15) is 0 Å². The molecule has 96 valence electrons. The van der Waals surface area contributed by atoms with Crippen molar-refractivity contribution in [3.63, 3.8) is 0 Å². The van der Waals surface area contributed by atoms with Gasteiger partial charge in [-0.2, -0.15) is 0 Å². The van der Waals surface area contributed by atoms with Crippen LogP contribution < -0.4 is 5.32 Å². The molecular weight excluding hydrogens is 258 g/mol. The molecule has 0 unspecified atom stereocenters. The van der Waals surface area contributed by atoms with Crippen LogP contribution >= 0.6 is 22.7 Å². The maximum atomic E-state index is 3.62. The van der Waals surface area contributed by atoms with Gasteiger partial charge in [-0.05, 0) is 41.1 Å². The van der Waals surface area contributed by atoms with Crippen LogP contribution in [0.2, 0.25) is 0 Å². The first-order valence-corrected chi connectivity index (χ1v) is 8.33. The SMILES string of the molecule is CC1(CNCc2cc(-c3cccs3)cs2)CCC1. The van der Waals surface area contributed by atoms with Gasteiger partial charge in [0.25, 0.3) is 0 Å². The van der Waals surface area contributed by atoms with E-state index in [-0.39, 0.29) is 0 Å². The van der Waals surface area contributed by atoms with Crippen molar-refractivity contribution in [1.29, 1.82) is 0 Å². The van der Waals surface area contributed by atoms with Crippen LogP contribution in [0.15, 0.2) is 29.0 Å². The molecule has 3 heteroatoms. The number of hydrogen-bond acceptors (Lipinski definition) is 3. The zero-order valence-corrected chi connectivity index (χ0v) is 12.4. The van der Waals surface area contributed by atoms with Crippen molar-refractivity contribution in [2.45, 2.75) is 32.7 Å². The molecule has 1 aliphatic carbocycles. The molecule has 0 aromatic carbocycles. The maximum absolute atomic E-state index is 3.62. The molecule has 1 nitrogen and oxygen atoms in total. The van der Waals surface area contributed by atoms with E-state index < -0.39 is 0 Å². The number of nitrogens with one attached hydrogen (secondary N) is 1. The van der Waals surface area contributed by atoms with E-state index in [2.05, 4.69) is 41.2 Å². The molecule has 3 rings (SSSR count). The second-order valence-corrected chi connectivity index (χ2v) is 7.49. The van der Waals surface area contributed by atoms with Gasteiger partial charge >= 0.3 is 0 Å². The minimum Gasteiger partial charge on any atom is -0.311 e. The van der Waals surface area contributed by atoms with Gasteiger partial charge in [0.2, 0.25) is 0 Å². The molecule has 0 spiro atoms. The topological polar surface area (TPSA) is 12.0 Å². The fourth-order valence-corrected chi connectivity index (χ4v) is 4.13. The minimum atomic E-state index is 0.577. The van der Waals surface area contributed by atoms with Gasteiger partial charge < -0.3 is 5.32 Å². The van der Waals surface area contributed by atoms with Gasteiger partial charge in [0.15, 0.2) is 0 Å². The molecule has 1 fully saturated rings. The third-order valence-electron chi connectivity index (χ3n) is 3.87. The van der Waals surface area contributed by atoms with Crippen LogP contribution in [0.1, 0.15) is 31.1 Å². The summed E-state index contributed by atoms with van der Waals surface area (Å²) in [5, 5.41) is 8.03. The summed E-state index contributed by atoms with van der Waals surface area (Å²) in [4.78, 5) is 2.82. The third-order valence-corrected chi connectivity index (χ3v) is 5.73. The lowest BCUT2D eigenvalue weighted by Crippen LogP contribution is -2.36. The van der Waals surface area contributed by atoms with Gasteiger partial charge in [-0.1, -0.05) is 19.4 Å². The monoisotopic (exact) mass is 277 g/mol. The van der Waals surface area contributed by atoms with Gasteiger partial charge in [0, 0.05) is 28.4 Å². The van der Waals surface area contributed by atoms with Crippen molar-refractivity contribution in [3.8, 4) is 10.4 Å². The summed E-state index contributed by atoms with van der Waals surface area (Å²) in [6.45, 7) is 4.58. The lowest BCUT2D eigenvalue weighted by atomic mass is 9.70. The smallest absolute Gasteiger partial charge is 0.0351 e. The van der Waals surface area contributed by atoms with Crippen molar-refractivity contribution < 1.29 is 0 Å². The Labute approximate surface area is 117 Å². The molecule has 0 radical (unpaired) electrons. The molecule has 0 atom stereocenters. The first-order valence-electron chi connectivity index (χ1n) is 6.57. The second-order valence-electron chi connectivity index (χ2n) is 5.55. The van der Waals surface area contributed by atoms with E-state index in [4.69, 9.17) is 0 Å². The highest BCUT2D eigenvalue weighted by molar-refractivity contribution is 7.14. The summed E-state index contributed by atoms with van der Waals surface area (Å²) in [5.74, 6) is 0. The molecule has 2 aromatic heterocycles. The fourth-order valence-electron chi connectivity index (χ4n) is 2.49. The Kier molecular flexibility index (Phi) is 3.55. The summed E-state index contributed by atoms with van der Waals surface area (Å²) in [7, 11) is 0. The van der Waals surface area contributed by atoms with Crippen molar-refractivity contribution in [2.75, 3.05) is 6.54 Å². The second kappa shape index (κ2) is 5.16. The predicted octanol–water partition coefficient (Wildman–Crippen LogP) is 4.76. The van der Waals surface area contributed by atoms with Gasteiger partial charge in [-0.3, -0.25) is 0 Å². The summed E-state index contributed by atoms with van der Waals surface area (Å²) >= 11 is 3.68. The van der Waals surface area contributed by atoms with E-state index in [0.717, 1.165) is 6.54 Å². The van der Waals surface area contributed by atoms with E-state index in [0.29, 0.717) is 5.41 Å². The number of rotatable bonds is 5. The quantitative estimate of drug-likeness (QED) is 0.831. The summed E-state index contributed by atoms with van der Waals surface area (Å²) in [6, 6.07) is 6.64. The van der Waals surface area contributed by atoms with Crippen molar-refractivity contribution >= 4 is 22.7 Å². The Balaban J connectivity index is 1.54. The summed E-state index contributed by atoms with van der Waals surface area (Å²) in [6.07, 6.45) is 4.20. The van der Waals surface area contributed by atoms with Crippen molar-refractivity contribution in [2.24, 2.45) is 5.41 Å². The van der Waals surface area contributed by atoms with Crippen LogP contribution in [0, 0.1) is 5.41 Å². The normalized spacial score (nSPS) is 17.6. The molecule has 18 heavy (non-hydrogen) atoms. The molecule has 1 saturated carbocycles. The molecule has 2 aromatic rings. The highest BCUT2D eigenvalue weighted by Gasteiger charge is 2.30. The highest BCUT2D eigenvalue weighted by Crippen LogP contribution is 2.39. The lowest BCUT2D eigenvalue weighted by Gasteiger charge is -2.38. The molecule has 0 bridgehead atoms. The Bertz CT molecular complexity index is 494. The average molecular weight is 277 g/mol. The molecule has 0 aliphatic heterocycles. The fraction of sp³-hybridized carbons (Fsp3) is 0.467. The van der Waals surface area contributed by atoms with E-state index >= 15 is 0 Å². The van der Waals surface area contributed by atoms with Crippen LogP contribution in [0.5, 0.6) is 0 Å². The zero-order valence-electron chi connectivity index (χ0n) is 10.7. The van der Waals surface area contributed by atoms with Crippen molar-refractivity contribution in [3.05, 3.63) is 33.8 Å². The zero-order chi connectivity index (χ0) is 12.4.